The summed E-state index contributed by atoms with van der Waals surface area (Å²) in [5.41, 5.74) is -2.44. The fourth-order valence-corrected chi connectivity index (χ4v) is 3.90. The van der Waals surface area contributed by atoms with E-state index in [0.717, 1.165) is 0 Å². The van der Waals surface area contributed by atoms with Crippen LogP contribution in [0.1, 0.15) is 11.1 Å². The van der Waals surface area contributed by atoms with Crippen molar-refractivity contribution in [2.45, 2.75) is 68.2 Å². The van der Waals surface area contributed by atoms with Gasteiger partial charge in [-0.15, -0.1) is 0 Å². The van der Waals surface area contributed by atoms with Gasteiger partial charge in [-0.1, -0.05) is 0 Å². The lowest BCUT2D eigenvalue weighted by Crippen LogP contribution is -2.74. The third-order valence-electron chi connectivity index (χ3n) is 5.96. The fourth-order valence-electron chi connectivity index (χ4n) is 3.90. The summed E-state index contributed by atoms with van der Waals surface area (Å²) in [4.78, 5) is 0. The zero-order chi connectivity index (χ0) is 24.9. The largest absolute Gasteiger partial charge is 0.388 e. The second kappa shape index (κ2) is 9.51. The minimum absolute atomic E-state index is 0.172. The topological polar surface area (TPSA) is 168 Å². The van der Waals surface area contributed by atoms with Crippen LogP contribution in [0.5, 0.6) is 0 Å². The van der Waals surface area contributed by atoms with Gasteiger partial charge in [0.2, 0.25) is 5.79 Å². The van der Waals surface area contributed by atoms with E-state index in [1.165, 1.54) is 0 Å². The number of hydrogen-bond acceptors (Lipinski definition) is 11. The standard InChI is InChI=1S/C19H22F4O11/c20-9-5(1-30-15-7(24)3-32-17(27)13(15)25)10(21)12(23)6(11(9)22)2-31-16-14(26)18(28)34-8-4-33-19(8,16)29/h7-8,13-18,24-29H,1-4H2. The summed E-state index contributed by atoms with van der Waals surface area (Å²) in [5, 5.41) is 59.0. The molecule has 6 N–H and O–H groups in total. The molecular weight excluding hydrogens is 480 g/mol. The van der Waals surface area contributed by atoms with E-state index in [1.807, 2.05) is 0 Å². The predicted molar refractivity (Wildman–Crippen MR) is 95.2 cm³/mol. The Bertz CT molecular complexity index is 894. The first-order valence-corrected chi connectivity index (χ1v) is 10.1. The molecule has 4 rings (SSSR count). The molecule has 3 fully saturated rings. The molecule has 11 nitrogen and oxygen atoms in total. The molecular formula is C19H22F4O11. The van der Waals surface area contributed by atoms with E-state index in [0.29, 0.717) is 0 Å². The van der Waals surface area contributed by atoms with Gasteiger partial charge < -0.3 is 54.3 Å². The van der Waals surface area contributed by atoms with Crippen molar-refractivity contribution in [2.24, 2.45) is 0 Å². The van der Waals surface area contributed by atoms with Crippen molar-refractivity contribution in [3.8, 4) is 0 Å². The van der Waals surface area contributed by atoms with Gasteiger partial charge in [0, 0.05) is 0 Å². The fraction of sp³-hybridized carbons (Fsp3) is 0.684. The Labute approximate surface area is 188 Å². The van der Waals surface area contributed by atoms with E-state index in [1.54, 1.807) is 0 Å². The molecule has 0 amide bonds. The number of rotatable bonds is 6. The van der Waals surface area contributed by atoms with E-state index in [4.69, 9.17) is 18.9 Å². The van der Waals surface area contributed by atoms with Crippen LogP contribution in [0.3, 0.4) is 0 Å². The minimum atomic E-state index is -2.26. The quantitative estimate of drug-likeness (QED) is 0.186. The molecule has 9 unspecified atom stereocenters. The highest BCUT2D eigenvalue weighted by Gasteiger charge is 2.63. The van der Waals surface area contributed by atoms with Crippen molar-refractivity contribution >= 4 is 0 Å². The second-order valence-electron chi connectivity index (χ2n) is 8.07. The molecule has 34 heavy (non-hydrogen) atoms. The number of aliphatic hydroxyl groups excluding tert-OH is 5. The van der Waals surface area contributed by atoms with Crippen molar-refractivity contribution in [1.82, 2.24) is 0 Å². The van der Waals surface area contributed by atoms with Crippen LogP contribution >= 0.6 is 0 Å². The molecule has 15 heteroatoms. The molecule has 1 aromatic carbocycles. The van der Waals surface area contributed by atoms with Gasteiger partial charge in [-0.25, -0.2) is 17.6 Å². The first kappa shape index (κ1) is 25.6. The highest BCUT2D eigenvalue weighted by Crippen LogP contribution is 2.40. The average molecular weight is 502 g/mol. The molecule has 0 radical (unpaired) electrons. The molecule has 0 spiro atoms. The number of hydrogen-bond donors (Lipinski definition) is 6. The van der Waals surface area contributed by atoms with Gasteiger partial charge in [0.25, 0.3) is 0 Å². The molecule has 3 aliphatic heterocycles. The van der Waals surface area contributed by atoms with E-state index in [2.05, 4.69) is 4.74 Å². The summed E-state index contributed by atoms with van der Waals surface area (Å²) < 4.78 is 82.8. The van der Waals surface area contributed by atoms with E-state index < -0.39 is 109 Å². The molecule has 9 atom stereocenters. The molecule has 0 aliphatic carbocycles. The van der Waals surface area contributed by atoms with Crippen LogP contribution in [0.15, 0.2) is 0 Å². The first-order valence-electron chi connectivity index (χ1n) is 10.1. The summed E-state index contributed by atoms with van der Waals surface area (Å²) in [7, 11) is 0. The maximum absolute atomic E-state index is 14.6. The Morgan fingerprint density at radius 2 is 1.35 bits per heavy atom. The number of ether oxygens (including phenoxy) is 5. The zero-order valence-electron chi connectivity index (χ0n) is 17.2. The molecule has 192 valence electrons. The van der Waals surface area contributed by atoms with Gasteiger partial charge in [0.05, 0.1) is 37.6 Å². The summed E-state index contributed by atoms with van der Waals surface area (Å²) in [5.74, 6) is -9.72. The maximum Gasteiger partial charge on any atom is 0.224 e. The summed E-state index contributed by atoms with van der Waals surface area (Å²) in [6.45, 7) is -2.95. The van der Waals surface area contributed by atoms with Crippen molar-refractivity contribution in [3.05, 3.63) is 34.4 Å². The monoisotopic (exact) mass is 502 g/mol. The van der Waals surface area contributed by atoms with Gasteiger partial charge in [-0.3, -0.25) is 0 Å². The van der Waals surface area contributed by atoms with Gasteiger partial charge in [0.1, 0.15) is 36.6 Å². The summed E-state index contributed by atoms with van der Waals surface area (Å²) >= 11 is 0. The number of benzene rings is 1. The van der Waals surface area contributed by atoms with Gasteiger partial charge in [0.15, 0.2) is 35.8 Å². The van der Waals surface area contributed by atoms with Gasteiger partial charge >= 0.3 is 0 Å². The Balaban J connectivity index is 1.51. The van der Waals surface area contributed by atoms with Gasteiger partial charge in [-0.2, -0.15) is 0 Å². The van der Waals surface area contributed by atoms with Crippen molar-refractivity contribution < 1.29 is 71.9 Å². The summed E-state index contributed by atoms with van der Waals surface area (Å²) in [6, 6.07) is 0. The Morgan fingerprint density at radius 3 is 1.88 bits per heavy atom. The number of fused-ring (bicyclic) bond motifs is 1. The SMILES string of the molecule is OC1COC(O)C(O)C1OCc1c(F)c(F)c(COC2C(O)C(O)OC3COC32O)c(F)c1F. The lowest BCUT2D eigenvalue weighted by Gasteiger charge is -2.54. The molecule has 0 saturated carbocycles. The highest BCUT2D eigenvalue weighted by atomic mass is 19.2. The van der Waals surface area contributed by atoms with Crippen LogP contribution in [0, 0.1) is 23.3 Å². The van der Waals surface area contributed by atoms with Crippen molar-refractivity contribution in [1.29, 1.82) is 0 Å². The van der Waals surface area contributed by atoms with Gasteiger partial charge in [-0.05, 0) is 0 Å². The number of halogens is 4. The van der Waals surface area contributed by atoms with E-state index in [-0.39, 0.29) is 6.61 Å². The molecule has 0 bridgehead atoms. The van der Waals surface area contributed by atoms with Crippen LogP contribution in [0.25, 0.3) is 0 Å². The maximum atomic E-state index is 14.6. The van der Waals surface area contributed by atoms with E-state index in [9.17, 15) is 48.2 Å². The molecule has 3 heterocycles. The third-order valence-corrected chi connectivity index (χ3v) is 5.96. The molecule has 3 saturated heterocycles. The highest BCUT2D eigenvalue weighted by molar-refractivity contribution is 5.29. The normalized spacial score (nSPS) is 40.1. The third kappa shape index (κ3) is 4.20. The lowest BCUT2D eigenvalue weighted by molar-refractivity contribution is -0.455. The lowest BCUT2D eigenvalue weighted by atomic mass is 9.91. The minimum Gasteiger partial charge on any atom is -0.388 e. The first-order chi connectivity index (χ1) is 16.0. The van der Waals surface area contributed by atoms with Crippen LogP contribution in [0.4, 0.5) is 17.6 Å². The predicted octanol–water partition coefficient (Wildman–Crippen LogP) is -2.12. The van der Waals surface area contributed by atoms with E-state index >= 15 is 0 Å². The summed E-state index contributed by atoms with van der Waals surface area (Å²) in [6.07, 6.45) is -13.3. The van der Waals surface area contributed by atoms with Crippen LogP contribution in [0.2, 0.25) is 0 Å². The molecule has 1 aromatic rings. The second-order valence-corrected chi connectivity index (χ2v) is 8.07. The van der Waals surface area contributed by atoms with Crippen molar-refractivity contribution in [3.63, 3.8) is 0 Å². The van der Waals surface area contributed by atoms with Crippen LogP contribution in [-0.4, -0.2) is 98.8 Å². The van der Waals surface area contributed by atoms with Crippen molar-refractivity contribution in [2.75, 3.05) is 13.2 Å². The van der Waals surface area contributed by atoms with Crippen LogP contribution in [-0.2, 0) is 36.9 Å². The Morgan fingerprint density at radius 1 is 0.794 bits per heavy atom. The molecule has 0 aromatic heterocycles. The zero-order valence-corrected chi connectivity index (χ0v) is 17.2. The smallest absolute Gasteiger partial charge is 0.224 e. The number of aliphatic hydroxyl groups is 6. The Hall–Kier alpha value is -1.50. The van der Waals surface area contributed by atoms with Crippen LogP contribution < -0.4 is 0 Å². The average Bonchev–Trinajstić information content (AvgIpc) is 2.80. The molecule has 3 aliphatic rings. The Kier molecular flexibility index (Phi) is 7.16.